The van der Waals surface area contributed by atoms with Crippen molar-refractivity contribution in [2.75, 3.05) is 5.75 Å². The van der Waals surface area contributed by atoms with E-state index in [1.807, 2.05) is 78.9 Å². The van der Waals surface area contributed by atoms with E-state index >= 15 is 0 Å². The highest BCUT2D eigenvalue weighted by molar-refractivity contribution is 9.10. The van der Waals surface area contributed by atoms with Crippen LogP contribution in [0.5, 0.6) is 11.5 Å². The Balaban J connectivity index is 1.45. The molecule has 6 heteroatoms. The van der Waals surface area contributed by atoms with E-state index in [0.29, 0.717) is 11.5 Å². The zero-order chi connectivity index (χ0) is 19.6. The predicted octanol–water partition coefficient (Wildman–Crippen LogP) is 5.62. The largest absolute Gasteiger partial charge is 0.457 e. The second-order valence-electron chi connectivity index (χ2n) is 5.90. The number of nitrogens with zero attached hydrogens (tertiary/aromatic N) is 1. The average Bonchev–Trinajstić information content (AvgIpc) is 2.69. The SMILES string of the molecule is O=C(CSCc1cccc(Br)c1)N/N=C/c1cccc(Oc2ccccc2)c1. The Kier molecular flexibility index (Phi) is 7.70. The Bertz CT molecular complexity index is 948. The maximum absolute atomic E-state index is 11.9. The molecular formula is C22H19BrN2O2S. The summed E-state index contributed by atoms with van der Waals surface area (Å²) in [4.78, 5) is 11.9. The molecule has 3 rings (SSSR count). The Hall–Kier alpha value is -2.57. The number of hydrazone groups is 1. The number of hydrogen-bond acceptors (Lipinski definition) is 4. The van der Waals surface area contributed by atoms with Gasteiger partial charge in [-0.2, -0.15) is 5.10 Å². The number of hydrogen-bond donors (Lipinski definition) is 1. The fraction of sp³-hybridized carbons (Fsp3) is 0.0909. The highest BCUT2D eigenvalue weighted by Crippen LogP contribution is 2.21. The van der Waals surface area contributed by atoms with Crippen LogP contribution in [0.3, 0.4) is 0 Å². The summed E-state index contributed by atoms with van der Waals surface area (Å²) in [6, 6.07) is 25.2. The molecule has 28 heavy (non-hydrogen) atoms. The van der Waals surface area contributed by atoms with E-state index in [2.05, 4.69) is 26.5 Å². The van der Waals surface area contributed by atoms with Crippen molar-refractivity contribution in [3.63, 3.8) is 0 Å². The van der Waals surface area contributed by atoms with Gasteiger partial charge in [-0.1, -0.05) is 58.4 Å². The van der Waals surface area contributed by atoms with E-state index in [-0.39, 0.29) is 5.91 Å². The third-order valence-electron chi connectivity index (χ3n) is 3.63. The van der Waals surface area contributed by atoms with Crippen LogP contribution >= 0.6 is 27.7 Å². The lowest BCUT2D eigenvalue weighted by Crippen LogP contribution is -2.19. The first kappa shape index (κ1) is 20.2. The molecule has 0 saturated heterocycles. The lowest BCUT2D eigenvalue weighted by molar-refractivity contribution is -0.118. The minimum atomic E-state index is -0.132. The number of thioether (sulfide) groups is 1. The Morgan fingerprint density at radius 1 is 1.00 bits per heavy atom. The third kappa shape index (κ3) is 6.87. The van der Waals surface area contributed by atoms with Gasteiger partial charge in [-0.25, -0.2) is 5.43 Å². The van der Waals surface area contributed by atoms with Crippen LogP contribution in [0.1, 0.15) is 11.1 Å². The summed E-state index contributed by atoms with van der Waals surface area (Å²) in [5.41, 5.74) is 4.57. The van der Waals surface area contributed by atoms with Crippen LogP contribution in [0.15, 0.2) is 88.4 Å². The Labute approximate surface area is 177 Å². The second-order valence-corrected chi connectivity index (χ2v) is 7.80. The van der Waals surface area contributed by atoms with Crippen LogP contribution in [-0.4, -0.2) is 17.9 Å². The van der Waals surface area contributed by atoms with Crippen LogP contribution in [0, 0.1) is 0 Å². The van der Waals surface area contributed by atoms with Crippen LogP contribution < -0.4 is 10.2 Å². The van der Waals surface area contributed by atoms with Gasteiger partial charge >= 0.3 is 0 Å². The zero-order valence-corrected chi connectivity index (χ0v) is 17.4. The van der Waals surface area contributed by atoms with E-state index in [0.717, 1.165) is 21.5 Å². The van der Waals surface area contributed by atoms with Gasteiger partial charge in [0.25, 0.3) is 0 Å². The number of benzene rings is 3. The van der Waals surface area contributed by atoms with Crippen LogP contribution in [0.4, 0.5) is 0 Å². The van der Waals surface area contributed by atoms with E-state index in [1.165, 1.54) is 5.56 Å². The summed E-state index contributed by atoms with van der Waals surface area (Å²) in [6.07, 6.45) is 1.61. The summed E-state index contributed by atoms with van der Waals surface area (Å²) in [5, 5.41) is 4.03. The van der Waals surface area contributed by atoms with E-state index in [1.54, 1.807) is 18.0 Å². The first-order valence-corrected chi connectivity index (χ1v) is 10.6. The van der Waals surface area contributed by atoms with E-state index in [4.69, 9.17) is 4.74 Å². The molecular weight excluding hydrogens is 436 g/mol. The van der Waals surface area contributed by atoms with Gasteiger partial charge in [0.1, 0.15) is 11.5 Å². The van der Waals surface area contributed by atoms with Gasteiger partial charge in [0.15, 0.2) is 0 Å². The molecule has 0 aromatic heterocycles. The van der Waals surface area contributed by atoms with Crippen molar-refractivity contribution >= 4 is 39.8 Å². The number of ether oxygens (including phenoxy) is 1. The second kappa shape index (κ2) is 10.7. The van der Waals surface area contributed by atoms with Crippen molar-refractivity contribution in [2.45, 2.75) is 5.75 Å². The van der Waals surface area contributed by atoms with Gasteiger partial charge in [0.05, 0.1) is 12.0 Å². The minimum Gasteiger partial charge on any atom is -0.457 e. The molecule has 0 atom stereocenters. The molecule has 0 spiro atoms. The molecule has 0 heterocycles. The first-order chi connectivity index (χ1) is 13.7. The molecule has 0 unspecified atom stereocenters. The Morgan fingerprint density at radius 3 is 2.61 bits per heavy atom. The molecule has 1 amide bonds. The van der Waals surface area contributed by atoms with Gasteiger partial charge in [0.2, 0.25) is 5.91 Å². The molecule has 0 bridgehead atoms. The number of carbonyl (C=O) groups excluding carboxylic acids is 1. The first-order valence-electron chi connectivity index (χ1n) is 8.66. The molecule has 0 saturated carbocycles. The van der Waals surface area contributed by atoms with Crippen molar-refractivity contribution in [3.05, 3.63) is 94.5 Å². The summed E-state index contributed by atoms with van der Waals surface area (Å²) >= 11 is 4.99. The van der Waals surface area contributed by atoms with E-state index < -0.39 is 0 Å². The van der Waals surface area contributed by atoms with Crippen molar-refractivity contribution in [1.29, 1.82) is 0 Å². The molecule has 0 radical (unpaired) electrons. The number of halogens is 1. The van der Waals surface area contributed by atoms with Crippen molar-refractivity contribution in [2.24, 2.45) is 5.10 Å². The van der Waals surface area contributed by atoms with Crippen molar-refractivity contribution in [3.8, 4) is 11.5 Å². The average molecular weight is 455 g/mol. The van der Waals surface area contributed by atoms with Crippen molar-refractivity contribution in [1.82, 2.24) is 5.43 Å². The highest BCUT2D eigenvalue weighted by atomic mass is 79.9. The molecule has 0 aliphatic rings. The minimum absolute atomic E-state index is 0.132. The normalized spacial score (nSPS) is 10.8. The summed E-state index contributed by atoms with van der Waals surface area (Å²) in [6.45, 7) is 0. The lowest BCUT2D eigenvalue weighted by atomic mass is 10.2. The summed E-state index contributed by atoms with van der Waals surface area (Å²) in [5.74, 6) is 2.47. The Morgan fingerprint density at radius 2 is 1.79 bits per heavy atom. The predicted molar refractivity (Wildman–Crippen MR) is 119 cm³/mol. The van der Waals surface area contributed by atoms with Gasteiger partial charge in [-0.05, 0) is 47.5 Å². The smallest absolute Gasteiger partial charge is 0.250 e. The monoisotopic (exact) mass is 454 g/mol. The summed E-state index contributed by atoms with van der Waals surface area (Å²) in [7, 11) is 0. The number of carbonyl (C=O) groups is 1. The highest BCUT2D eigenvalue weighted by Gasteiger charge is 2.02. The topological polar surface area (TPSA) is 50.7 Å². The van der Waals surface area contributed by atoms with Crippen molar-refractivity contribution < 1.29 is 9.53 Å². The van der Waals surface area contributed by atoms with E-state index in [9.17, 15) is 4.79 Å². The molecule has 0 fully saturated rings. The lowest BCUT2D eigenvalue weighted by Gasteiger charge is -2.05. The number of nitrogens with one attached hydrogen (secondary N) is 1. The molecule has 4 nitrogen and oxygen atoms in total. The fourth-order valence-electron chi connectivity index (χ4n) is 2.38. The summed E-state index contributed by atoms with van der Waals surface area (Å²) < 4.78 is 6.83. The quantitative estimate of drug-likeness (QED) is 0.354. The van der Waals surface area contributed by atoms with Crippen LogP contribution in [0.25, 0.3) is 0 Å². The maximum atomic E-state index is 11.9. The molecule has 0 aliphatic carbocycles. The maximum Gasteiger partial charge on any atom is 0.250 e. The molecule has 3 aromatic carbocycles. The molecule has 3 aromatic rings. The zero-order valence-electron chi connectivity index (χ0n) is 15.0. The standard InChI is InChI=1S/C22H19BrN2O2S/c23-19-8-4-7-18(12-19)15-28-16-22(26)25-24-14-17-6-5-11-21(13-17)27-20-9-2-1-3-10-20/h1-14H,15-16H2,(H,25,26)/b24-14+. The molecule has 0 aliphatic heterocycles. The van der Waals surface area contributed by atoms with Gasteiger partial charge in [-0.3, -0.25) is 4.79 Å². The third-order valence-corrected chi connectivity index (χ3v) is 5.13. The molecule has 142 valence electrons. The van der Waals surface area contributed by atoms with Gasteiger partial charge in [-0.15, -0.1) is 11.8 Å². The van der Waals surface area contributed by atoms with Gasteiger partial charge in [0, 0.05) is 10.2 Å². The van der Waals surface area contributed by atoms with Crippen LogP contribution in [-0.2, 0) is 10.5 Å². The van der Waals surface area contributed by atoms with Gasteiger partial charge < -0.3 is 4.74 Å². The number of amides is 1. The van der Waals surface area contributed by atoms with Crippen LogP contribution in [0.2, 0.25) is 0 Å². The number of rotatable bonds is 8. The number of para-hydroxylation sites is 1. The fourth-order valence-corrected chi connectivity index (χ4v) is 3.60. The molecule has 1 N–H and O–H groups in total.